The molecule has 7 heteroatoms. The molecule has 7 nitrogen and oxygen atoms in total. The highest BCUT2D eigenvalue weighted by Crippen LogP contribution is 2.70. The SMILES string of the molecule is CC[C@@H](CO)N=C[C@]12CC[C@@H](O)C[C@]1(O)CC[C@@H]1[C@@H]2CC[C@]2(C)[C@@H](C3=CC(=O)OC3)CC[C@@]12O. The lowest BCUT2D eigenvalue weighted by atomic mass is 9.41. The predicted molar refractivity (Wildman–Crippen MR) is 127 cm³/mol. The van der Waals surface area contributed by atoms with Crippen LogP contribution in [0.15, 0.2) is 16.6 Å². The van der Waals surface area contributed by atoms with Crippen LogP contribution >= 0.6 is 0 Å². The number of hydrogen-bond donors (Lipinski definition) is 4. The largest absolute Gasteiger partial charge is 0.458 e. The van der Waals surface area contributed by atoms with Crippen LogP contribution in [0.1, 0.15) is 78.1 Å². The number of aliphatic imine (C=N–C) groups is 1. The van der Waals surface area contributed by atoms with Crippen molar-refractivity contribution in [1.29, 1.82) is 0 Å². The maximum Gasteiger partial charge on any atom is 0.331 e. The Morgan fingerprint density at radius 1 is 1.15 bits per heavy atom. The monoisotopic (exact) mass is 475 g/mol. The van der Waals surface area contributed by atoms with Crippen molar-refractivity contribution < 1.29 is 30.0 Å². The summed E-state index contributed by atoms with van der Waals surface area (Å²) >= 11 is 0. The van der Waals surface area contributed by atoms with Crippen LogP contribution in [0.25, 0.3) is 0 Å². The van der Waals surface area contributed by atoms with Crippen molar-refractivity contribution in [2.45, 2.75) is 101 Å². The molecular weight excluding hydrogens is 434 g/mol. The normalized spacial score (nSPS) is 49.2. The summed E-state index contributed by atoms with van der Waals surface area (Å²) in [5.74, 6) is -0.0740. The fourth-order valence-electron chi connectivity index (χ4n) is 8.88. The Morgan fingerprint density at radius 3 is 2.59 bits per heavy atom. The molecule has 4 saturated carbocycles. The number of hydrogen-bond acceptors (Lipinski definition) is 7. The van der Waals surface area contributed by atoms with Crippen molar-refractivity contribution >= 4 is 12.2 Å². The first-order chi connectivity index (χ1) is 16.1. The summed E-state index contributed by atoms with van der Waals surface area (Å²) in [6.45, 7) is 4.49. The van der Waals surface area contributed by atoms with Gasteiger partial charge >= 0.3 is 5.97 Å². The molecule has 4 fully saturated rings. The van der Waals surface area contributed by atoms with Gasteiger partial charge in [0.05, 0.1) is 30.0 Å². The molecule has 34 heavy (non-hydrogen) atoms. The summed E-state index contributed by atoms with van der Waals surface area (Å²) in [5, 5.41) is 44.6. The molecule has 0 aromatic carbocycles. The van der Waals surface area contributed by atoms with E-state index in [0.29, 0.717) is 45.1 Å². The second kappa shape index (κ2) is 8.39. The number of nitrogens with zero attached hydrogens (tertiary/aromatic N) is 1. The number of aliphatic hydroxyl groups is 4. The number of rotatable bonds is 5. The topological polar surface area (TPSA) is 120 Å². The zero-order valence-corrected chi connectivity index (χ0v) is 20.6. The van der Waals surface area contributed by atoms with Gasteiger partial charge in [-0.05, 0) is 81.1 Å². The van der Waals surface area contributed by atoms with E-state index >= 15 is 0 Å². The van der Waals surface area contributed by atoms with Gasteiger partial charge in [0.2, 0.25) is 0 Å². The molecular formula is C27H41NO6. The lowest BCUT2D eigenvalue weighted by Crippen LogP contribution is -2.68. The second-order valence-electron chi connectivity index (χ2n) is 12.0. The third-order valence-electron chi connectivity index (χ3n) is 10.8. The summed E-state index contributed by atoms with van der Waals surface area (Å²) in [7, 11) is 0. The Morgan fingerprint density at radius 2 is 1.91 bits per heavy atom. The van der Waals surface area contributed by atoms with E-state index in [0.717, 1.165) is 31.3 Å². The molecule has 190 valence electrons. The quantitative estimate of drug-likeness (QED) is 0.358. The Kier molecular flexibility index (Phi) is 6.03. The van der Waals surface area contributed by atoms with Gasteiger partial charge in [-0.2, -0.15) is 0 Å². The van der Waals surface area contributed by atoms with Crippen LogP contribution in [0.5, 0.6) is 0 Å². The molecule has 4 aliphatic carbocycles. The lowest BCUT2D eigenvalue weighted by molar-refractivity contribution is -0.237. The number of ether oxygens (including phenoxy) is 1. The van der Waals surface area contributed by atoms with Crippen molar-refractivity contribution in [2.24, 2.45) is 33.6 Å². The molecule has 4 N–H and O–H groups in total. The number of cyclic esters (lactones) is 1. The van der Waals surface area contributed by atoms with Crippen LogP contribution < -0.4 is 0 Å². The predicted octanol–water partition coefficient (Wildman–Crippen LogP) is 2.54. The fourth-order valence-corrected chi connectivity index (χ4v) is 8.88. The molecule has 0 radical (unpaired) electrons. The molecule has 1 aliphatic heterocycles. The van der Waals surface area contributed by atoms with Gasteiger partial charge < -0.3 is 25.2 Å². The average Bonchev–Trinajstić information content (AvgIpc) is 3.34. The summed E-state index contributed by atoms with van der Waals surface area (Å²) in [5.41, 5.74) is -1.88. The summed E-state index contributed by atoms with van der Waals surface area (Å²) < 4.78 is 5.22. The zero-order valence-electron chi connectivity index (χ0n) is 20.6. The summed E-state index contributed by atoms with van der Waals surface area (Å²) in [4.78, 5) is 16.5. The third kappa shape index (κ3) is 3.30. The maximum atomic E-state index is 12.4. The van der Waals surface area contributed by atoms with Crippen molar-refractivity contribution in [1.82, 2.24) is 0 Å². The van der Waals surface area contributed by atoms with Gasteiger partial charge in [0, 0.05) is 29.5 Å². The Labute approximate surface area is 202 Å². The number of carbonyl (C=O) groups excluding carboxylic acids is 1. The number of fused-ring (bicyclic) bond motifs is 5. The third-order valence-corrected chi connectivity index (χ3v) is 10.8. The number of carbonyl (C=O) groups is 1. The van der Waals surface area contributed by atoms with Gasteiger partial charge in [-0.15, -0.1) is 0 Å². The first kappa shape index (κ1) is 24.4. The molecule has 0 aromatic heterocycles. The van der Waals surface area contributed by atoms with E-state index in [1.807, 2.05) is 13.1 Å². The fraction of sp³-hybridized carbons (Fsp3) is 0.852. The van der Waals surface area contributed by atoms with E-state index in [1.165, 1.54) is 0 Å². The molecule has 0 spiro atoms. The van der Waals surface area contributed by atoms with Crippen LogP contribution in [0.3, 0.4) is 0 Å². The van der Waals surface area contributed by atoms with Gasteiger partial charge in [-0.3, -0.25) is 4.99 Å². The van der Waals surface area contributed by atoms with E-state index in [9.17, 15) is 25.2 Å². The van der Waals surface area contributed by atoms with Gasteiger partial charge in [0.15, 0.2) is 0 Å². The van der Waals surface area contributed by atoms with Crippen LogP contribution in [0.4, 0.5) is 0 Å². The van der Waals surface area contributed by atoms with E-state index in [2.05, 4.69) is 6.92 Å². The Bertz CT molecular complexity index is 884. The van der Waals surface area contributed by atoms with E-state index in [4.69, 9.17) is 9.73 Å². The highest BCUT2D eigenvalue weighted by molar-refractivity contribution is 5.85. The molecule has 9 atom stereocenters. The highest BCUT2D eigenvalue weighted by Gasteiger charge is 2.71. The Balaban J connectivity index is 1.53. The molecule has 5 aliphatic rings. The van der Waals surface area contributed by atoms with E-state index < -0.39 is 22.7 Å². The van der Waals surface area contributed by atoms with Crippen molar-refractivity contribution in [3.8, 4) is 0 Å². The minimum absolute atomic E-state index is 0.0195. The van der Waals surface area contributed by atoms with Crippen molar-refractivity contribution in [3.05, 3.63) is 11.6 Å². The van der Waals surface area contributed by atoms with Gasteiger partial charge in [0.25, 0.3) is 0 Å². The standard InChI is InChI=1S/C27H41NO6/c1-3-18(14-29)28-16-25-9-4-19(30)13-26(25,32)10-6-22-21(25)5-8-24(2)20(7-11-27(22,24)33)17-12-23(31)34-15-17/h12,16,18-22,29-30,32-33H,3-11,13-15H2,1-2H3/t18-,19+,20+,21-,22+,24+,25-,26+,27+/m0/s1. The molecule has 0 bridgehead atoms. The van der Waals surface area contributed by atoms with Crippen molar-refractivity contribution in [3.63, 3.8) is 0 Å². The van der Waals surface area contributed by atoms with Crippen LogP contribution in [-0.4, -0.2) is 69.2 Å². The second-order valence-corrected chi connectivity index (χ2v) is 12.0. The van der Waals surface area contributed by atoms with Gasteiger partial charge in [0.1, 0.15) is 6.61 Å². The Hall–Kier alpha value is -1.28. The maximum absolute atomic E-state index is 12.4. The smallest absolute Gasteiger partial charge is 0.331 e. The lowest BCUT2D eigenvalue weighted by Gasteiger charge is -2.65. The van der Waals surface area contributed by atoms with E-state index in [1.54, 1.807) is 6.08 Å². The first-order valence-corrected chi connectivity index (χ1v) is 13.3. The zero-order chi connectivity index (χ0) is 24.4. The van der Waals surface area contributed by atoms with Crippen LogP contribution in [0, 0.1) is 28.6 Å². The molecule has 0 aromatic rings. The van der Waals surface area contributed by atoms with Gasteiger partial charge in [-0.25, -0.2) is 4.79 Å². The summed E-state index contributed by atoms with van der Waals surface area (Å²) in [6.07, 6.45) is 9.79. The van der Waals surface area contributed by atoms with Crippen molar-refractivity contribution in [2.75, 3.05) is 13.2 Å². The molecule has 1 heterocycles. The summed E-state index contributed by atoms with van der Waals surface area (Å²) in [6, 6.07) is -0.203. The minimum Gasteiger partial charge on any atom is -0.458 e. The first-order valence-electron chi connectivity index (χ1n) is 13.3. The minimum atomic E-state index is -1.06. The highest BCUT2D eigenvalue weighted by atomic mass is 16.5. The van der Waals surface area contributed by atoms with Crippen LogP contribution in [0.2, 0.25) is 0 Å². The molecule has 0 amide bonds. The average molecular weight is 476 g/mol. The molecule has 5 rings (SSSR count). The number of esters is 1. The van der Waals surface area contributed by atoms with E-state index in [-0.39, 0.29) is 41.8 Å². The van der Waals surface area contributed by atoms with Gasteiger partial charge in [-0.1, -0.05) is 13.8 Å². The molecule has 0 unspecified atom stereocenters. The number of aliphatic hydroxyl groups excluding tert-OH is 2. The molecule has 0 saturated heterocycles. The van der Waals surface area contributed by atoms with Crippen LogP contribution in [-0.2, 0) is 9.53 Å².